The summed E-state index contributed by atoms with van der Waals surface area (Å²) in [6.07, 6.45) is 6.26. The highest BCUT2D eigenvalue weighted by Gasteiger charge is 2.45. The van der Waals surface area contributed by atoms with Gasteiger partial charge in [0, 0.05) is 31.6 Å². The monoisotopic (exact) mass is 803 g/mol. The topological polar surface area (TPSA) is 234 Å². The summed E-state index contributed by atoms with van der Waals surface area (Å²) >= 11 is 0. The molecule has 2 fully saturated rings. The summed E-state index contributed by atoms with van der Waals surface area (Å²) < 4.78 is 1.53. The van der Waals surface area contributed by atoms with Crippen molar-refractivity contribution in [1.82, 2.24) is 41.2 Å². The molecular weight excluding hydrogens is 743 g/mol. The molecule has 5 atom stereocenters. The van der Waals surface area contributed by atoms with Crippen LogP contribution >= 0.6 is 0 Å². The molecule has 8 N–H and O–H groups in total. The third-order valence-corrected chi connectivity index (χ3v) is 11.2. The summed E-state index contributed by atoms with van der Waals surface area (Å²) in [4.78, 5) is 68.9. The SMILES string of the molecule is CC(C)CNC(=O)NCCCCC(NC(=O)[C@@H]1C[C@H](n2nncc2C(C)(C)O)CN1C(=O)C(CC1CCCCC1)NC(=O)c1ccc2ccccc2c1)C(O)C(N)=O. The molecule has 2 aliphatic rings. The van der Waals surface area contributed by atoms with Gasteiger partial charge in [-0.05, 0) is 74.3 Å². The van der Waals surface area contributed by atoms with E-state index < -0.39 is 59.5 Å². The first-order chi connectivity index (χ1) is 27.6. The lowest BCUT2D eigenvalue weighted by Crippen LogP contribution is -2.57. The van der Waals surface area contributed by atoms with E-state index in [-0.39, 0.29) is 31.3 Å². The number of aromatic nitrogens is 3. The fraction of sp³-hybridized carbons (Fsp3) is 0.595. The van der Waals surface area contributed by atoms with Crippen LogP contribution in [0.15, 0.2) is 48.7 Å². The molecule has 0 radical (unpaired) electrons. The predicted octanol–water partition coefficient (Wildman–Crippen LogP) is 3.03. The summed E-state index contributed by atoms with van der Waals surface area (Å²) in [5.41, 5.74) is 4.97. The van der Waals surface area contributed by atoms with Crippen molar-refractivity contribution in [2.24, 2.45) is 17.6 Å². The van der Waals surface area contributed by atoms with Crippen LogP contribution in [0.3, 0.4) is 0 Å². The van der Waals surface area contributed by atoms with E-state index in [4.69, 9.17) is 5.73 Å². The predicted molar refractivity (Wildman–Crippen MR) is 218 cm³/mol. The van der Waals surface area contributed by atoms with Gasteiger partial charge in [-0.1, -0.05) is 81.5 Å². The number of carbonyl (C=O) groups excluding carboxylic acids is 5. The van der Waals surface area contributed by atoms with Crippen molar-refractivity contribution in [1.29, 1.82) is 0 Å². The van der Waals surface area contributed by atoms with Crippen LogP contribution in [0, 0.1) is 11.8 Å². The van der Waals surface area contributed by atoms with E-state index in [1.807, 2.05) is 44.2 Å². The Bertz CT molecular complexity index is 1890. The van der Waals surface area contributed by atoms with E-state index in [1.54, 1.807) is 26.0 Å². The van der Waals surface area contributed by atoms with Crippen molar-refractivity contribution >= 4 is 40.4 Å². The molecule has 1 aromatic heterocycles. The number of primary amides is 1. The molecule has 2 aromatic carbocycles. The summed E-state index contributed by atoms with van der Waals surface area (Å²) in [5.74, 6) is -2.00. The molecule has 316 valence electrons. The third-order valence-electron chi connectivity index (χ3n) is 11.2. The second kappa shape index (κ2) is 20.1. The Labute approximate surface area is 340 Å². The lowest BCUT2D eigenvalue weighted by atomic mass is 9.84. The van der Waals surface area contributed by atoms with Gasteiger partial charge in [-0.15, -0.1) is 5.10 Å². The first kappa shape index (κ1) is 44.0. The summed E-state index contributed by atoms with van der Waals surface area (Å²) in [6, 6.07) is 9.06. The number of nitrogens with two attached hydrogens (primary N) is 1. The van der Waals surface area contributed by atoms with Crippen LogP contribution in [0.5, 0.6) is 0 Å². The van der Waals surface area contributed by atoms with Crippen LogP contribution in [-0.4, -0.2) is 104 Å². The Hall–Kier alpha value is -5.09. The zero-order chi connectivity index (χ0) is 42.0. The highest BCUT2D eigenvalue weighted by atomic mass is 16.3. The number of nitrogens with one attached hydrogen (secondary N) is 4. The van der Waals surface area contributed by atoms with E-state index in [1.165, 1.54) is 15.8 Å². The smallest absolute Gasteiger partial charge is 0.314 e. The number of fused-ring (bicyclic) bond motifs is 1. The van der Waals surface area contributed by atoms with Gasteiger partial charge in [0.15, 0.2) is 6.10 Å². The van der Waals surface area contributed by atoms with Crippen LogP contribution in [0.25, 0.3) is 10.8 Å². The summed E-state index contributed by atoms with van der Waals surface area (Å²) in [5, 5.41) is 43.3. The maximum absolute atomic E-state index is 14.9. The molecular formula is C42H61N9O7. The highest BCUT2D eigenvalue weighted by Crippen LogP contribution is 2.34. The minimum Gasteiger partial charge on any atom is -0.384 e. The molecule has 3 unspecified atom stereocenters. The van der Waals surface area contributed by atoms with Gasteiger partial charge in [0.25, 0.3) is 5.91 Å². The Morgan fingerprint density at radius 2 is 1.69 bits per heavy atom. The number of rotatable bonds is 18. The number of nitrogens with zero attached hydrogens (tertiary/aromatic N) is 4. The molecule has 16 heteroatoms. The van der Waals surface area contributed by atoms with Crippen LogP contribution in [0.4, 0.5) is 4.79 Å². The minimum atomic E-state index is -1.72. The van der Waals surface area contributed by atoms with Gasteiger partial charge in [-0.25, -0.2) is 9.48 Å². The van der Waals surface area contributed by atoms with Crippen molar-refractivity contribution in [3.8, 4) is 0 Å². The molecule has 2 heterocycles. The van der Waals surface area contributed by atoms with E-state index >= 15 is 0 Å². The van der Waals surface area contributed by atoms with Gasteiger partial charge in [-0.3, -0.25) is 19.2 Å². The van der Waals surface area contributed by atoms with Crippen LogP contribution < -0.4 is 27.0 Å². The fourth-order valence-electron chi connectivity index (χ4n) is 8.02. The quantitative estimate of drug-likeness (QED) is 0.0936. The number of unbranched alkanes of at least 4 members (excludes halogenated alkanes) is 1. The van der Waals surface area contributed by atoms with Gasteiger partial charge in [0.2, 0.25) is 17.7 Å². The number of urea groups is 1. The largest absolute Gasteiger partial charge is 0.384 e. The van der Waals surface area contributed by atoms with Crippen molar-refractivity contribution < 1.29 is 34.2 Å². The van der Waals surface area contributed by atoms with Gasteiger partial charge >= 0.3 is 6.03 Å². The average Bonchev–Trinajstić information content (AvgIpc) is 3.88. The number of hydrogen-bond acceptors (Lipinski definition) is 9. The summed E-state index contributed by atoms with van der Waals surface area (Å²) in [6.45, 7) is 8.04. The molecule has 1 aliphatic carbocycles. The first-order valence-corrected chi connectivity index (χ1v) is 20.6. The molecule has 3 aromatic rings. The Morgan fingerprint density at radius 3 is 2.38 bits per heavy atom. The average molecular weight is 804 g/mol. The zero-order valence-electron chi connectivity index (χ0n) is 34.2. The maximum Gasteiger partial charge on any atom is 0.314 e. The molecule has 1 saturated carbocycles. The Morgan fingerprint density at radius 1 is 0.966 bits per heavy atom. The van der Waals surface area contributed by atoms with Crippen LogP contribution in [0.1, 0.15) is 114 Å². The lowest BCUT2D eigenvalue weighted by molar-refractivity contribution is -0.141. The Kier molecular flexibility index (Phi) is 15.2. The number of carbonyl (C=O) groups is 5. The van der Waals surface area contributed by atoms with E-state index in [2.05, 4.69) is 31.6 Å². The molecule has 6 amide bonds. The Balaban J connectivity index is 1.39. The number of amides is 6. The van der Waals surface area contributed by atoms with Crippen LogP contribution in [-0.2, 0) is 20.0 Å². The number of aliphatic hydroxyl groups is 2. The number of aliphatic hydroxyl groups excluding tert-OH is 1. The minimum absolute atomic E-state index is 0.0178. The lowest BCUT2D eigenvalue weighted by Gasteiger charge is -2.32. The molecule has 16 nitrogen and oxygen atoms in total. The molecule has 0 spiro atoms. The van der Waals surface area contributed by atoms with Crippen molar-refractivity contribution in [3.05, 3.63) is 59.9 Å². The van der Waals surface area contributed by atoms with Crippen molar-refractivity contribution in [2.45, 2.75) is 128 Å². The third kappa shape index (κ3) is 11.7. The van der Waals surface area contributed by atoms with Gasteiger partial charge in [-0.2, -0.15) is 0 Å². The van der Waals surface area contributed by atoms with Gasteiger partial charge in [0.1, 0.15) is 17.7 Å². The normalized spacial score (nSPS) is 19.1. The van der Waals surface area contributed by atoms with Crippen molar-refractivity contribution in [2.75, 3.05) is 19.6 Å². The second-order valence-electron chi connectivity index (χ2n) is 16.8. The highest BCUT2D eigenvalue weighted by molar-refractivity contribution is 6.01. The fourth-order valence-corrected chi connectivity index (χ4v) is 8.02. The second-order valence-corrected chi connectivity index (χ2v) is 16.8. The van der Waals surface area contributed by atoms with E-state index in [0.29, 0.717) is 49.5 Å². The molecule has 1 aliphatic heterocycles. The molecule has 58 heavy (non-hydrogen) atoms. The first-order valence-electron chi connectivity index (χ1n) is 20.6. The molecule has 1 saturated heterocycles. The number of hydrogen-bond donors (Lipinski definition) is 7. The van der Waals surface area contributed by atoms with Crippen molar-refractivity contribution in [3.63, 3.8) is 0 Å². The maximum atomic E-state index is 14.9. The van der Waals surface area contributed by atoms with E-state index in [9.17, 15) is 34.2 Å². The molecule has 5 rings (SSSR count). The van der Waals surface area contributed by atoms with E-state index in [0.717, 1.165) is 42.9 Å². The summed E-state index contributed by atoms with van der Waals surface area (Å²) in [7, 11) is 0. The van der Waals surface area contributed by atoms with Gasteiger partial charge in [0.05, 0.1) is 24.0 Å². The van der Waals surface area contributed by atoms with Gasteiger partial charge < -0.3 is 42.1 Å². The number of likely N-dealkylation sites (tertiary alicyclic amines) is 1. The number of benzene rings is 2. The standard InChI is InChI=1S/C42H61N9O7/c1-26(2)23-45-41(57)44-19-11-10-16-32(36(52)37(43)53)47-39(55)34-22-31(51-35(24-46-49-51)42(3,4)58)25-50(34)40(56)33(20-27-12-6-5-7-13-27)48-38(54)30-18-17-28-14-8-9-15-29(28)21-30/h8-9,14-15,17-18,21,24,26-27,31-34,36,52,58H,5-7,10-13,16,19-20,22-23,25H2,1-4H3,(H2,43,53)(H,47,55)(H,48,54)(H2,44,45,57)/t31-,32?,33?,34-,36?/m0/s1. The zero-order valence-corrected chi connectivity index (χ0v) is 34.2. The molecule has 0 bridgehead atoms. The van der Waals surface area contributed by atoms with Crippen LogP contribution in [0.2, 0.25) is 0 Å².